The summed E-state index contributed by atoms with van der Waals surface area (Å²) < 4.78 is 10.6. The summed E-state index contributed by atoms with van der Waals surface area (Å²) in [6.45, 7) is 6.80. The predicted octanol–water partition coefficient (Wildman–Crippen LogP) is 4.15. The van der Waals surface area contributed by atoms with E-state index in [2.05, 4.69) is 4.98 Å². The van der Waals surface area contributed by atoms with Crippen molar-refractivity contribution < 1.29 is 14.3 Å². The number of H-pyrrole nitrogens is 1. The van der Waals surface area contributed by atoms with Gasteiger partial charge in [0.25, 0.3) is 11.5 Å². The first-order chi connectivity index (χ1) is 14.3. The summed E-state index contributed by atoms with van der Waals surface area (Å²) in [5.41, 5.74) is 2.71. The molecule has 158 valence electrons. The standard InChI is InChI=1S/C24H28N2O4/c1-15(2)13-26(24(28)18-9-10-20(29-4)21(12-18)30-5)14-19-11-17-8-6-7-16(3)22(17)25-23(19)27/h6-12,15H,13-14H2,1-5H3,(H,25,27). The Hall–Kier alpha value is -3.28. The molecule has 1 heterocycles. The van der Waals surface area contributed by atoms with Crippen LogP contribution in [0.25, 0.3) is 10.9 Å². The molecule has 0 radical (unpaired) electrons. The lowest BCUT2D eigenvalue weighted by Gasteiger charge is -2.25. The molecule has 0 saturated heterocycles. The van der Waals surface area contributed by atoms with Crippen molar-refractivity contribution in [2.45, 2.75) is 27.3 Å². The lowest BCUT2D eigenvalue weighted by atomic mass is 10.1. The van der Waals surface area contributed by atoms with Crippen molar-refractivity contribution in [1.82, 2.24) is 9.88 Å². The molecule has 6 heteroatoms. The normalized spacial score (nSPS) is 11.0. The maximum atomic E-state index is 13.3. The van der Waals surface area contributed by atoms with E-state index < -0.39 is 0 Å². The van der Waals surface area contributed by atoms with Crippen LogP contribution in [0.15, 0.2) is 47.3 Å². The van der Waals surface area contributed by atoms with Crippen LogP contribution in [0.1, 0.15) is 35.3 Å². The van der Waals surface area contributed by atoms with Crippen LogP contribution in [0.3, 0.4) is 0 Å². The number of pyridine rings is 1. The number of carbonyl (C=O) groups excluding carboxylic acids is 1. The molecule has 0 atom stereocenters. The third kappa shape index (κ3) is 4.48. The Morgan fingerprint density at radius 2 is 1.80 bits per heavy atom. The van der Waals surface area contributed by atoms with Crippen molar-refractivity contribution in [3.63, 3.8) is 0 Å². The highest BCUT2D eigenvalue weighted by molar-refractivity contribution is 5.95. The molecule has 0 bridgehead atoms. The molecule has 0 fully saturated rings. The van der Waals surface area contributed by atoms with Crippen molar-refractivity contribution in [1.29, 1.82) is 0 Å². The zero-order valence-corrected chi connectivity index (χ0v) is 18.1. The third-order valence-corrected chi connectivity index (χ3v) is 5.03. The topological polar surface area (TPSA) is 71.6 Å². The highest BCUT2D eigenvalue weighted by Crippen LogP contribution is 2.28. The first-order valence-corrected chi connectivity index (χ1v) is 9.96. The number of hydrogen-bond donors (Lipinski definition) is 1. The Labute approximate surface area is 176 Å². The number of aromatic nitrogens is 1. The number of amides is 1. The zero-order chi connectivity index (χ0) is 21.8. The lowest BCUT2D eigenvalue weighted by molar-refractivity contribution is 0.0721. The van der Waals surface area contributed by atoms with Gasteiger partial charge in [0.1, 0.15) is 0 Å². The molecule has 2 aromatic carbocycles. The van der Waals surface area contributed by atoms with Crippen LogP contribution in [0, 0.1) is 12.8 Å². The summed E-state index contributed by atoms with van der Waals surface area (Å²) in [6.07, 6.45) is 0. The van der Waals surface area contributed by atoms with Crippen molar-refractivity contribution in [3.8, 4) is 11.5 Å². The minimum absolute atomic E-state index is 0.159. The molecular weight excluding hydrogens is 380 g/mol. The van der Waals surface area contributed by atoms with Crippen LogP contribution >= 0.6 is 0 Å². The molecule has 6 nitrogen and oxygen atoms in total. The van der Waals surface area contributed by atoms with Crippen LogP contribution in [0.2, 0.25) is 0 Å². The second-order valence-corrected chi connectivity index (χ2v) is 7.81. The summed E-state index contributed by atoms with van der Waals surface area (Å²) in [4.78, 5) is 30.7. The summed E-state index contributed by atoms with van der Waals surface area (Å²) in [6, 6.07) is 12.9. The number of ether oxygens (including phenoxy) is 2. The van der Waals surface area contributed by atoms with Gasteiger partial charge in [-0.25, -0.2) is 0 Å². The zero-order valence-electron chi connectivity index (χ0n) is 18.1. The smallest absolute Gasteiger partial charge is 0.254 e. The molecule has 0 aliphatic carbocycles. The maximum Gasteiger partial charge on any atom is 0.254 e. The van der Waals surface area contributed by atoms with Gasteiger partial charge in [-0.3, -0.25) is 9.59 Å². The molecule has 0 unspecified atom stereocenters. The van der Waals surface area contributed by atoms with Gasteiger partial charge in [0.2, 0.25) is 0 Å². The Kier molecular flexibility index (Phi) is 6.45. The number of rotatable bonds is 7. The molecule has 3 rings (SSSR count). The Bertz CT molecular complexity index is 1120. The molecular formula is C24H28N2O4. The summed E-state index contributed by atoms with van der Waals surface area (Å²) in [5, 5.41) is 0.952. The molecule has 0 aliphatic heterocycles. The van der Waals surface area contributed by atoms with Gasteiger partial charge >= 0.3 is 0 Å². The highest BCUT2D eigenvalue weighted by Gasteiger charge is 2.20. The van der Waals surface area contributed by atoms with E-state index in [0.29, 0.717) is 29.2 Å². The van der Waals surface area contributed by atoms with E-state index in [9.17, 15) is 9.59 Å². The van der Waals surface area contributed by atoms with Gasteiger partial charge in [0.05, 0.1) is 26.3 Å². The number of nitrogens with one attached hydrogen (secondary N) is 1. The fourth-order valence-corrected chi connectivity index (χ4v) is 3.56. The number of aryl methyl sites for hydroxylation is 1. The summed E-state index contributed by atoms with van der Waals surface area (Å²) in [7, 11) is 3.09. The van der Waals surface area contributed by atoms with Crippen molar-refractivity contribution in [2.75, 3.05) is 20.8 Å². The molecule has 1 aromatic heterocycles. The second-order valence-electron chi connectivity index (χ2n) is 7.81. The van der Waals surface area contributed by atoms with Crippen molar-refractivity contribution in [2.24, 2.45) is 5.92 Å². The molecule has 30 heavy (non-hydrogen) atoms. The van der Waals surface area contributed by atoms with Crippen molar-refractivity contribution >= 4 is 16.8 Å². The fraction of sp³-hybridized carbons (Fsp3) is 0.333. The molecule has 3 aromatic rings. The van der Waals surface area contributed by atoms with Crippen LogP contribution < -0.4 is 15.0 Å². The molecule has 0 aliphatic rings. The minimum atomic E-state index is -0.175. The quantitative estimate of drug-likeness (QED) is 0.637. The van der Waals surface area contributed by atoms with Crippen LogP contribution in [0.4, 0.5) is 0 Å². The fourth-order valence-electron chi connectivity index (χ4n) is 3.56. The lowest BCUT2D eigenvalue weighted by Crippen LogP contribution is -2.35. The van der Waals surface area contributed by atoms with Gasteiger partial charge in [0.15, 0.2) is 11.5 Å². The number of hydrogen-bond acceptors (Lipinski definition) is 4. The van der Waals surface area contributed by atoms with E-state index in [1.165, 1.54) is 7.11 Å². The Morgan fingerprint density at radius 1 is 1.07 bits per heavy atom. The van der Waals surface area contributed by atoms with Gasteiger partial charge in [-0.15, -0.1) is 0 Å². The average molecular weight is 408 g/mol. The van der Waals surface area contributed by atoms with E-state index >= 15 is 0 Å². The number of benzene rings is 2. The second kappa shape index (κ2) is 9.03. The van der Waals surface area contributed by atoms with E-state index in [1.54, 1.807) is 30.2 Å². The summed E-state index contributed by atoms with van der Waals surface area (Å²) >= 11 is 0. The van der Waals surface area contributed by atoms with Gasteiger partial charge in [-0.1, -0.05) is 32.0 Å². The maximum absolute atomic E-state index is 13.3. The molecule has 1 N–H and O–H groups in total. The molecule has 1 amide bonds. The van der Waals surface area contributed by atoms with Crippen LogP contribution in [0.5, 0.6) is 11.5 Å². The average Bonchev–Trinajstić information content (AvgIpc) is 2.73. The SMILES string of the molecule is COc1ccc(C(=O)N(Cc2cc3cccc(C)c3[nH]c2=O)CC(C)C)cc1OC. The third-order valence-electron chi connectivity index (χ3n) is 5.03. The summed E-state index contributed by atoms with van der Waals surface area (Å²) in [5.74, 6) is 1.14. The number of aromatic amines is 1. The largest absolute Gasteiger partial charge is 0.493 e. The number of nitrogens with zero attached hydrogens (tertiary/aromatic N) is 1. The number of methoxy groups -OCH3 is 2. The van der Waals surface area contributed by atoms with Gasteiger partial charge in [-0.05, 0) is 48.1 Å². The first-order valence-electron chi connectivity index (χ1n) is 9.96. The number of fused-ring (bicyclic) bond motifs is 1. The van der Waals surface area contributed by atoms with Gasteiger partial charge in [-0.2, -0.15) is 0 Å². The Morgan fingerprint density at radius 3 is 2.47 bits per heavy atom. The molecule has 0 spiro atoms. The van der Waals surface area contributed by atoms with Crippen LogP contribution in [-0.4, -0.2) is 36.6 Å². The van der Waals surface area contributed by atoms with E-state index in [4.69, 9.17) is 9.47 Å². The minimum Gasteiger partial charge on any atom is -0.493 e. The van der Waals surface area contributed by atoms with Crippen LogP contribution in [-0.2, 0) is 6.54 Å². The monoisotopic (exact) mass is 408 g/mol. The number of para-hydroxylation sites is 1. The Balaban J connectivity index is 1.97. The van der Waals surface area contributed by atoms with E-state index in [0.717, 1.165) is 16.5 Å². The number of carbonyl (C=O) groups is 1. The van der Waals surface area contributed by atoms with Gasteiger partial charge in [0, 0.05) is 17.7 Å². The van der Waals surface area contributed by atoms with Gasteiger partial charge < -0.3 is 19.4 Å². The van der Waals surface area contributed by atoms with E-state index in [-0.39, 0.29) is 23.9 Å². The highest BCUT2D eigenvalue weighted by atomic mass is 16.5. The predicted molar refractivity (Wildman–Crippen MR) is 118 cm³/mol. The van der Waals surface area contributed by atoms with E-state index in [1.807, 2.05) is 45.0 Å². The first kappa shape index (κ1) is 21.4. The van der Waals surface area contributed by atoms with Crippen molar-refractivity contribution in [3.05, 3.63) is 69.5 Å². The molecule has 0 saturated carbocycles.